The minimum atomic E-state index is -1.81. The summed E-state index contributed by atoms with van der Waals surface area (Å²) < 4.78 is 16.1. The molecule has 5 atom stereocenters. The molecule has 0 saturated carbocycles. The number of aliphatic hydroxyl groups is 4. The van der Waals surface area contributed by atoms with Gasteiger partial charge in [-0.2, -0.15) is 0 Å². The monoisotopic (exact) mass is 464 g/mol. The molecule has 0 radical (unpaired) electrons. The molecular weight excluding hydrogens is 444 g/mol. The first-order valence-electron chi connectivity index (χ1n) is 9.65. The molecule has 0 bridgehead atoms. The Balaban J connectivity index is 1.80. The number of rotatable bonds is 4. The highest BCUT2D eigenvalue weighted by Gasteiger charge is 2.45. The van der Waals surface area contributed by atoms with Crippen LogP contribution in [0, 0.1) is 0 Å². The third-order valence-corrected chi connectivity index (χ3v) is 5.29. The summed E-state index contributed by atoms with van der Waals surface area (Å²) in [4.78, 5) is 12.7. The van der Waals surface area contributed by atoms with E-state index in [1.165, 1.54) is 24.3 Å². The Morgan fingerprint density at radius 2 is 1.55 bits per heavy atom. The first-order chi connectivity index (χ1) is 15.6. The van der Waals surface area contributed by atoms with E-state index in [9.17, 15) is 45.6 Å². The topological polar surface area (TPSA) is 211 Å². The molecule has 0 amide bonds. The summed E-state index contributed by atoms with van der Waals surface area (Å²) in [5, 5.41) is 79.0. The minimum absolute atomic E-state index is 0.0702. The summed E-state index contributed by atoms with van der Waals surface area (Å²) in [6.45, 7) is -0.718. The van der Waals surface area contributed by atoms with Gasteiger partial charge >= 0.3 is 0 Å². The standard InChI is InChI=1S/C21H20O12/c22-6-11-14(25)17(28)19(30)21(33-11)32-10-5-9-12(15(26)13(10)24)16(27)18(29)20(31-9)7-1-3-8(23)4-2-7/h1-5,11,14,17,19,21-26,28-30H,6H2/t11-,14-,17+,19-,21+/m1/s1. The molecule has 2 heterocycles. The Morgan fingerprint density at radius 3 is 2.18 bits per heavy atom. The first-order valence-corrected chi connectivity index (χ1v) is 9.65. The lowest BCUT2D eigenvalue weighted by Gasteiger charge is -2.39. The van der Waals surface area contributed by atoms with E-state index in [1.807, 2.05) is 0 Å². The van der Waals surface area contributed by atoms with Gasteiger partial charge in [0.05, 0.1) is 6.61 Å². The van der Waals surface area contributed by atoms with Crippen LogP contribution in [0.3, 0.4) is 0 Å². The van der Waals surface area contributed by atoms with Gasteiger partial charge in [-0.1, -0.05) is 0 Å². The average Bonchev–Trinajstić information content (AvgIpc) is 2.80. The highest BCUT2D eigenvalue weighted by Crippen LogP contribution is 2.44. The number of aromatic hydroxyl groups is 4. The third-order valence-electron chi connectivity index (χ3n) is 5.29. The first kappa shape index (κ1) is 22.6. The van der Waals surface area contributed by atoms with Crippen molar-refractivity contribution in [3.05, 3.63) is 40.6 Å². The summed E-state index contributed by atoms with van der Waals surface area (Å²) >= 11 is 0. The van der Waals surface area contributed by atoms with Crippen molar-refractivity contribution in [1.29, 1.82) is 0 Å². The predicted molar refractivity (Wildman–Crippen MR) is 109 cm³/mol. The minimum Gasteiger partial charge on any atom is -0.508 e. The zero-order valence-electron chi connectivity index (χ0n) is 16.7. The van der Waals surface area contributed by atoms with E-state index >= 15 is 0 Å². The molecule has 1 aliphatic heterocycles. The number of hydrogen-bond acceptors (Lipinski definition) is 12. The SMILES string of the molecule is O=c1c(O)c(-c2ccc(O)cc2)oc2cc(O[C@H]3O[C@H](CO)[C@@H](O)[C@H](O)[C@H]3O)c(O)c(O)c12. The number of benzene rings is 2. The molecule has 1 aliphatic rings. The Morgan fingerprint density at radius 1 is 0.879 bits per heavy atom. The van der Waals surface area contributed by atoms with Crippen molar-refractivity contribution in [2.24, 2.45) is 0 Å². The Kier molecular flexibility index (Phi) is 5.78. The van der Waals surface area contributed by atoms with E-state index in [1.54, 1.807) is 0 Å². The van der Waals surface area contributed by atoms with Gasteiger partial charge in [-0.3, -0.25) is 4.79 Å². The maximum Gasteiger partial charge on any atom is 0.238 e. The van der Waals surface area contributed by atoms with Crippen LogP contribution in [-0.2, 0) is 4.74 Å². The lowest BCUT2D eigenvalue weighted by molar-refractivity contribution is -0.277. The Labute approximate surface area is 184 Å². The van der Waals surface area contributed by atoms with Crippen LogP contribution < -0.4 is 10.2 Å². The molecule has 1 fully saturated rings. The van der Waals surface area contributed by atoms with Gasteiger partial charge in [0.15, 0.2) is 17.3 Å². The highest BCUT2D eigenvalue weighted by molar-refractivity contribution is 5.91. The van der Waals surface area contributed by atoms with E-state index < -0.39 is 71.1 Å². The smallest absolute Gasteiger partial charge is 0.238 e. The van der Waals surface area contributed by atoms with Crippen molar-refractivity contribution in [2.45, 2.75) is 30.7 Å². The van der Waals surface area contributed by atoms with Gasteiger partial charge in [0, 0.05) is 11.6 Å². The van der Waals surface area contributed by atoms with Gasteiger partial charge in [0.1, 0.15) is 41.1 Å². The Hall–Kier alpha value is -3.55. The summed E-state index contributed by atoms with van der Waals surface area (Å²) in [5.41, 5.74) is -1.17. The number of hydrogen-bond donors (Lipinski definition) is 8. The summed E-state index contributed by atoms with van der Waals surface area (Å²) in [6, 6.07) is 6.30. The quantitative estimate of drug-likeness (QED) is 0.229. The summed E-state index contributed by atoms with van der Waals surface area (Å²) in [5.74, 6) is -3.70. The molecule has 4 rings (SSSR count). The fraction of sp³-hybridized carbons (Fsp3) is 0.286. The zero-order chi connectivity index (χ0) is 24.0. The fourth-order valence-electron chi connectivity index (χ4n) is 3.48. The van der Waals surface area contributed by atoms with Gasteiger partial charge in [-0.05, 0) is 24.3 Å². The average molecular weight is 464 g/mol. The normalized spacial score (nSPS) is 25.3. The zero-order valence-corrected chi connectivity index (χ0v) is 16.7. The molecule has 0 spiro atoms. The fourth-order valence-corrected chi connectivity index (χ4v) is 3.48. The molecule has 0 aliphatic carbocycles. The van der Waals surface area contributed by atoms with Crippen molar-refractivity contribution in [1.82, 2.24) is 0 Å². The van der Waals surface area contributed by atoms with Crippen molar-refractivity contribution < 1.29 is 54.7 Å². The largest absolute Gasteiger partial charge is 0.508 e. The van der Waals surface area contributed by atoms with Crippen molar-refractivity contribution >= 4 is 11.0 Å². The summed E-state index contributed by atoms with van der Waals surface area (Å²) in [6.07, 6.45) is -8.19. The van der Waals surface area contributed by atoms with Gasteiger partial charge in [-0.25, -0.2) is 0 Å². The Bertz CT molecular complexity index is 1230. The van der Waals surface area contributed by atoms with Crippen LogP contribution in [0.1, 0.15) is 0 Å². The molecule has 33 heavy (non-hydrogen) atoms. The number of phenols is 3. The molecule has 1 aromatic heterocycles. The van der Waals surface area contributed by atoms with Crippen LogP contribution in [0.5, 0.6) is 28.7 Å². The van der Waals surface area contributed by atoms with Crippen LogP contribution in [0.4, 0.5) is 0 Å². The molecule has 12 heteroatoms. The maximum atomic E-state index is 12.7. The lowest BCUT2D eigenvalue weighted by atomic mass is 9.99. The molecule has 2 aromatic carbocycles. The molecule has 0 unspecified atom stereocenters. The lowest BCUT2D eigenvalue weighted by Crippen LogP contribution is -2.60. The van der Waals surface area contributed by atoms with Crippen LogP contribution in [0.15, 0.2) is 39.5 Å². The van der Waals surface area contributed by atoms with Crippen LogP contribution in [0.2, 0.25) is 0 Å². The highest BCUT2D eigenvalue weighted by atomic mass is 16.7. The van der Waals surface area contributed by atoms with Gasteiger partial charge < -0.3 is 54.7 Å². The second-order valence-corrected chi connectivity index (χ2v) is 7.42. The third kappa shape index (κ3) is 3.79. The van der Waals surface area contributed by atoms with Crippen molar-refractivity contribution in [3.63, 3.8) is 0 Å². The second kappa shape index (κ2) is 8.42. The van der Waals surface area contributed by atoms with E-state index in [4.69, 9.17) is 13.9 Å². The molecule has 1 saturated heterocycles. The van der Waals surface area contributed by atoms with Crippen LogP contribution in [-0.4, -0.2) is 78.2 Å². The maximum absolute atomic E-state index is 12.7. The van der Waals surface area contributed by atoms with Crippen molar-refractivity contribution in [2.75, 3.05) is 6.61 Å². The summed E-state index contributed by atoms with van der Waals surface area (Å²) in [7, 11) is 0. The number of aliphatic hydroxyl groups excluding tert-OH is 4. The van der Waals surface area contributed by atoms with Crippen LogP contribution >= 0.6 is 0 Å². The van der Waals surface area contributed by atoms with E-state index in [0.717, 1.165) is 6.07 Å². The van der Waals surface area contributed by atoms with Crippen LogP contribution in [0.25, 0.3) is 22.3 Å². The van der Waals surface area contributed by atoms with Gasteiger partial charge in [0.25, 0.3) is 0 Å². The molecular formula is C21H20O12. The number of fused-ring (bicyclic) bond motifs is 1. The van der Waals surface area contributed by atoms with E-state index in [0.29, 0.717) is 0 Å². The molecule has 176 valence electrons. The van der Waals surface area contributed by atoms with Gasteiger partial charge in [0.2, 0.25) is 23.2 Å². The second-order valence-electron chi connectivity index (χ2n) is 7.42. The molecule has 12 nitrogen and oxygen atoms in total. The van der Waals surface area contributed by atoms with E-state index in [2.05, 4.69) is 0 Å². The predicted octanol–water partition coefficient (Wildman–Crippen LogP) is -0.539. The molecule has 8 N–H and O–H groups in total. The molecule has 3 aromatic rings. The van der Waals surface area contributed by atoms with Gasteiger partial charge in [-0.15, -0.1) is 0 Å². The van der Waals surface area contributed by atoms with Crippen molar-refractivity contribution in [3.8, 4) is 40.1 Å². The number of phenolic OH excluding ortho intramolecular Hbond substituents is 3. The number of ether oxygens (including phenoxy) is 2. The van der Waals surface area contributed by atoms with E-state index in [-0.39, 0.29) is 22.7 Å².